The number of aromatic carboxylic acids is 1. The molecule has 0 saturated heterocycles. The number of phenolic OH excluding ortho intramolecular Hbond substituents is 1. The Bertz CT molecular complexity index is 1590. The molecule has 0 bridgehead atoms. The van der Waals surface area contributed by atoms with Gasteiger partial charge in [-0.2, -0.15) is 0 Å². The topological polar surface area (TPSA) is 83.8 Å². The molecule has 0 spiro atoms. The van der Waals surface area contributed by atoms with Crippen molar-refractivity contribution in [2.24, 2.45) is 0 Å². The quantitative estimate of drug-likeness (QED) is 0.0755. The van der Waals surface area contributed by atoms with Crippen molar-refractivity contribution in [2.75, 3.05) is 0 Å². The molecule has 2 N–H and O–H groups in total. The molecule has 3 aromatic rings. The number of carboxylic acid groups (broad SMARTS) is 1. The number of carbonyl (C=O) groups is 2. The fourth-order valence-corrected chi connectivity index (χ4v) is 8.03. The van der Waals surface area contributed by atoms with Gasteiger partial charge < -0.3 is 14.9 Å². The summed E-state index contributed by atoms with van der Waals surface area (Å²) in [5.41, 5.74) is 9.15. The van der Waals surface area contributed by atoms with Crippen molar-refractivity contribution in [3.8, 4) is 11.5 Å². The van der Waals surface area contributed by atoms with E-state index in [2.05, 4.69) is 67.5 Å². The average Bonchev–Trinajstić information content (AvgIpc) is 3.14. The highest BCUT2D eigenvalue weighted by molar-refractivity contribution is 5.94. The monoisotopic (exact) mass is 713 g/mol. The molecule has 0 unspecified atom stereocenters. The van der Waals surface area contributed by atoms with Gasteiger partial charge in [-0.05, 0) is 130 Å². The summed E-state index contributed by atoms with van der Waals surface area (Å²) >= 11 is 0. The first-order valence-corrected chi connectivity index (χ1v) is 20.6. The van der Waals surface area contributed by atoms with Gasteiger partial charge >= 0.3 is 11.9 Å². The molecule has 0 aliphatic heterocycles. The van der Waals surface area contributed by atoms with E-state index in [9.17, 15) is 19.8 Å². The van der Waals surface area contributed by atoms with Crippen molar-refractivity contribution in [1.82, 2.24) is 0 Å². The number of ether oxygens (including phenoxy) is 1. The number of esters is 1. The number of unbranched alkanes of at least 4 members (excludes halogenated alkanes) is 6. The largest absolute Gasteiger partial charge is 0.507 e. The molecule has 3 aromatic carbocycles. The predicted molar refractivity (Wildman–Crippen MR) is 217 cm³/mol. The summed E-state index contributed by atoms with van der Waals surface area (Å²) in [7, 11) is 0. The van der Waals surface area contributed by atoms with Crippen molar-refractivity contribution in [1.29, 1.82) is 0 Å². The van der Waals surface area contributed by atoms with Crippen LogP contribution in [0.15, 0.2) is 36.4 Å². The molecule has 3 rings (SSSR count). The molecule has 0 amide bonds. The lowest BCUT2D eigenvalue weighted by atomic mass is 9.63. The SMILES string of the molecule is CCCCc1cc(C)cc(C(CCCC)(CCCC)c2c(CCCC)c(C)c(CCCC)c(CCCC)c2OC(=O)c2ccc(C(=O)O)cc2)c1O. The van der Waals surface area contributed by atoms with Gasteiger partial charge in [0.15, 0.2) is 0 Å². The summed E-state index contributed by atoms with van der Waals surface area (Å²) in [5, 5.41) is 22.0. The highest BCUT2D eigenvalue weighted by atomic mass is 16.5. The van der Waals surface area contributed by atoms with E-state index in [-0.39, 0.29) is 5.56 Å². The molecular formula is C47H68O5. The summed E-state index contributed by atoms with van der Waals surface area (Å²) in [5.74, 6) is -0.417. The minimum Gasteiger partial charge on any atom is -0.507 e. The first-order chi connectivity index (χ1) is 25.0. The van der Waals surface area contributed by atoms with Crippen molar-refractivity contribution in [3.05, 3.63) is 92.0 Å². The Morgan fingerprint density at radius 2 is 1.12 bits per heavy atom. The number of benzene rings is 3. The van der Waals surface area contributed by atoms with Gasteiger partial charge in [0.05, 0.1) is 11.1 Å². The van der Waals surface area contributed by atoms with Crippen molar-refractivity contribution in [3.63, 3.8) is 0 Å². The second kappa shape index (κ2) is 21.2. The number of carbonyl (C=O) groups excluding carboxylic acids is 1. The first kappa shape index (κ1) is 42.8. The summed E-state index contributed by atoms with van der Waals surface area (Å²) < 4.78 is 6.84. The van der Waals surface area contributed by atoms with E-state index < -0.39 is 17.4 Å². The van der Waals surface area contributed by atoms with E-state index in [0.29, 0.717) is 17.1 Å². The number of aromatic hydroxyl groups is 1. The smallest absolute Gasteiger partial charge is 0.343 e. The van der Waals surface area contributed by atoms with Crippen LogP contribution in [0.3, 0.4) is 0 Å². The zero-order valence-corrected chi connectivity index (χ0v) is 33.8. The molecule has 5 heteroatoms. The molecule has 0 aliphatic carbocycles. The lowest BCUT2D eigenvalue weighted by Crippen LogP contribution is -2.33. The normalized spacial score (nSPS) is 11.6. The zero-order chi connectivity index (χ0) is 38.3. The highest BCUT2D eigenvalue weighted by Crippen LogP contribution is 2.54. The maximum Gasteiger partial charge on any atom is 0.343 e. The Balaban J connectivity index is 2.62. The Morgan fingerprint density at radius 3 is 1.63 bits per heavy atom. The van der Waals surface area contributed by atoms with Crippen molar-refractivity contribution in [2.45, 2.75) is 176 Å². The second-order valence-corrected chi connectivity index (χ2v) is 15.1. The average molecular weight is 713 g/mol. The molecule has 5 nitrogen and oxygen atoms in total. The van der Waals surface area contributed by atoms with Crippen LogP contribution in [0.2, 0.25) is 0 Å². The van der Waals surface area contributed by atoms with Gasteiger partial charge in [0.2, 0.25) is 0 Å². The van der Waals surface area contributed by atoms with Gasteiger partial charge in [0, 0.05) is 16.5 Å². The number of aryl methyl sites for hydroxylation is 2. The minimum absolute atomic E-state index is 0.131. The molecule has 0 saturated carbocycles. The van der Waals surface area contributed by atoms with Crippen LogP contribution in [0, 0.1) is 13.8 Å². The first-order valence-electron chi connectivity index (χ1n) is 20.6. The minimum atomic E-state index is -1.03. The van der Waals surface area contributed by atoms with E-state index >= 15 is 0 Å². The molecule has 0 fully saturated rings. The van der Waals surface area contributed by atoms with E-state index in [0.717, 1.165) is 143 Å². The Kier molecular flexibility index (Phi) is 17.4. The Labute approximate surface area is 315 Å². The highest BCUT2D eigenvalue weighted by Gasteiger charge is 2.42. The van der Waals surface area contributed by atoms with E-state index in [1.165, 1.54) is 28.8 Å². The predicted octanol–water partition coefficient (Wildman–Crippen LogP) is 13.0. The van der Waals surface area contributed by atoms with Crippen LogP contribution in [0.25, 0.3) is 0 Å². The third-order valence-electron chi connectivity index (χ3n) is 11.0. The Morgan fingerprint density at radius 1 is 0.635 bits per heavy atom. The number of phenols is 1. The molecule has 0 aromatic heterocycles. The van der Waals surface area contributed by atoms with Crippen LogP contribution >= 0.6 is 0 Å². The molecule has 0 atom stereocenters. The third-order valence-corrected chi connectivity index (χ3v) is 11.0. The summed E-state index contributed by atoms with van der Waals surface area (Å²) in [6.45, 7) is 17.8. The molecule has 0 aliphatic rings. The lowest BCUT2D eigenvalue weighted by Gasteiger charge is -2.41. The zero-order valence-electron chi connectivity index (χ0n) is 33.8. The number of carboxylic acids is 1. The maximum atomic E-state index is 14.4. The summed E-state index contributed by atoms with van der Waals surface area (Å²) in [6.07, 6.45) is 17.3. The lowest BCUT2D eigenvalue weighted by molar-refractivity contribution is 0.0691. The van der Waals surface area contributed by atoms with E-state index in [1.54, 1.807) is 12.1 Å². The van der Waals surface area contributed by atoms with Crippen LogP contribution in [-0.4, -0.2) is 22.2 Å². The molecule has 286 valence electrons. The van der Waals surface area contributed by atoms with Gasteiger partial charge in [0.25, 0.3) is 0 Å². The fraction of sp³-hybridized carbons (Fsp3) is 0.574. The second-order valence-electron chi connectivity index (χ2n) is 15.1. The molecule has 52 heavy (non-hydrogen) atoms. The molecule has 0 heterocycles. The van der Waals surface area contributed by atoms with Crippen LogP contribution in [-0.2, 0) is 31.1 Å². The van der Waals surface area contributed by atoms with Gasteiger partial charge in [-0.25, -0.2) is 9.59 Å². The van der Waals surface area contributed by atoms with Crippen LogP contribution in [0.1, 0.15) is 197 Å². The van der Waals surface area contributed by atoms with Gasteiger partial charge in [-0.3, -0.25) is 0 Å². The van der Waals surface area contributed by atoms with E-state index in [4.69, 9.17) is 4.74 Å². The van der Waals surface area contributed by atoms with Crippen LogP contribution < -0.4 is 4.74 Å². The number of rotatable bonds is 23. The summed E-state index contributed by atoms with van der Waals surface area (Å²) in [4.78, 5) is 26.0. The fourth-order valence-electron chi connectivity index (χ4n) is 8.03. The number of hydrogen-bond acceptors (Lipinski definition) is 4. The van der Waals surface area contributed by atoms with Crippen LogP contribution in [0.4, 0.5) is 0 Å². The molecule has 0 radical (unpaired) electrons. The van der Waals surface area contributed by atoms with Gasteiger partial charge in [0.1, 0.15) is 11.5 Å². The maximum absolute atomic E-state index is 14.4. The standard InChI is InChI=1S/C47H68O5/c1-9-15-21-37-31-33(7)32-41(43(37)48)47(29-19-13-5,30-20-14-6)42-39(23-17-11-3)34(8)38(22-16-10-2)40(24-18-12-4)44(42)52-46(51)36-27-25-35(26-28-36)45(49)50/h25-28,31-32,48H,9-24,29-30H2,1-8H3,(H,49,50). The summed E-state index contributed by atoms with van der Waals surface area (Å²) in [6, 6.07) is 10.5. The van der Waals surface area contributed by atoms with Crippen LogP contribution in [0.5, 0.6) is 11.5 Å². The Hall–Kier alpha value is -3.60. The van der Waals surface area contributed by atoms with Crippen molar-refractivity contribution < 1.29 is 24.5 Å². The van der Waals surface area contributed by atoms with Crippen molar-refractivity contribution >= 4 is 11.9 Å². The van der Waals surface area contributed by atoms with E-state index in [1.807, 2.05) is 0 Å². The third kappa shape index (κ3) is 10.3. The van der Waals surface area contributed by atoms with Gasteiger partial charge in [-0.1, -0.05) is 111 Å². The number of hydrogen-bond donors (Lipinski definition) is 2. The molecular weight excluding hydrogens is 645 g/mol. The van der Waals surface area contributed by atoms with Gasteiger partial charge in [-0.15, -0.1) is 0 Å².